The number of nitrogens with zero attached hydrogens (tertiary/aromatic N) is 1. The van der Waals surface area contributed by atoms with E-state index in [4.69, 9.17) is 0 Å². The molecule has 0 bridgehead atoms. The summed E-state index contributed by atoms with van der Waals surface area (Å²) in [6.07, 6.45) is 2.56. The van der Waals surface area contributed by atoms with Crippen molar-refractivity contribution in [2.24, 2.45) is 11.8 Å². The number of aliphatic hydroxyl groups is 3. The van der Waals surface area contributed by atoms with Crippen molar-refractivity contribution in [3.8, 4) is 0 Å². The first-order chi connectivity index (χ1) is 13.4. The Balaban J connectivity index is 2.06. The molecule has 1 aromatic rings. The average Bonchev–Trinajstić information content (AvgIpc) is 2.63. The maximum atomic E-state index is 13.1. The van der Waals surface area contributed by atoms with Gasteiger partial charge in [-0.3, -0.25) is 4.98 Å². The molecule has 0 amide bonds. The van der Waals surface area contributed by atoms with Crippen LogP contribution < -0.4 is 0 Å². The minimum absolute atomic E-state index is 0.135. The second kappa shape index (κ2) is 7.46. The molecule has 1 aromatic heterocycles. The van der Waals surface area contributed by atoms with E-state index in [1.165, 1.54) is 18.3 Å². The second-order valence-corrected chi connectivity index (χ2v) is 7.88. The maximum absolute atomic E-state index is 13.1. The van der Waals surface area contributed by atoms with Crippen LogP contribution in [0.1, 0.15) is 37.8 Å². The number of allylic oxidation sites excluding steroid dienone is 3. The Kier molecular flexibility index (Phi) is 5.49. The standard InChI is InChI=1S/C22H24F3NO3/c1-12(2)21(29)9-15(16-7-17(11-26-10-16)22(23,24)25)8-19(28)20(21)14-4-5-18(27)13(3)6-14/h6-11,14,18,20,27-29H,1,4-5H2,2-3H3/t14?,18?,20-,21?/m0/s1. The van der Waals surface area contributed by atoms with E-state index in [0.717, 1.165) is 17.8 Å². The van der Waals surface area contributed by atoms with Gasteiger partial charge >= 0.3 is 6.18 Å². The van der Waals surface area contributed by atoms with Crippen LogP contribution in [0.3, 0.4) is 0 Å². The first-order valence-electron chi connectivity index (χ1n) is 9.34. The molecule has 29 heavy (non-hydrogen) atoms. The number of hydrogen-bond acceptors (Lipinski definition) is 4. The summed E-state index contributed by atoms with van der Waals surface area (Å²) in [7, 11) is 0. The molecule has 0 saturated heterocycles. The van der Waals surface area contributed by atoms with Crippen LogP contribution in [0.2, 0.25) is 0 Å². The summed E-state index contributed by atoms with van der Waals surface area (Å²) in [5.41, 5.74) is -1.09. The van der Waals surface area contributed by atoms with E-state index in [-0.39, 0.29) is 22.8 Å². The zero-order chi connectivity index (χ0) is 21.6. The molecule has 7 heteroatoms. The monoisotopic (exact) mass is 407 g/mol. The van der Waals surface area contributed by atoms with E-state index < -0.39 is 29.4 Å². The molecule has 3 unspecified atom stereocenters. The quantitative estimate of drug-likeness (QED) is 0.642. The van der Waals surface area contributed by atoms with Crippen molar-refractivity contribution in [2.75, 3.05) is 0 Å². The summed E-state index contributed by atoms with van der Waals surface area (Å²) in [6, 6.07) is 0.933. The Labute approximate surface area is 167 Å². The number of aromatic nitrogens is 1. The summed E-state index contributed by atoms with van der Waals surface area (Å²) >= 11 is 0. The van der Waals surface area contributed by atoms with Crippen molar-refractivity contribution < 1.29 is 28.5 Å². The SMILES string of the molecule is C=C(C)C1(O)C=C(c2cncc(C(F)(F)F)c2)C=C(O)[C@@H]1C1C=C(C)C(O)CC1. The van der Waals surface area contributed by atoms with Gasteiger partial charge in [0.25, 0.3) is 0 Å². The molecule has 0 fully saturated rings. The summed E-state index contributed by atoms with van der Waals surface area (Å²) < 4.78 is 39.2. The third-order valence-electron chi connectivity index (χ3n) is 5.76. The van der Waals surface area contributed by atoms with E-state index in [0.29, 0.717) is 18.4 Å². The van der Waals surface area contributed by atoms with Gasteiger partial charge in [0.05, 0.1) is 17.6 Å². The molecular formula is C22H24F3NO3. The number of halogens is 3. The predicted octanol–water partition coefficient (Wildman–Crippen LogP) is 4.58. The highest BCUT2D eigenvalue weighted by Crippen LogP contribution is 2.46. The third kappa shape index (κ3) is 4.02. The largest absolute Gasteiger partial charge is 0.512 e. The highest BCUT2D eigenvalue weighted by atomic mass is 19.4. The number of aliphatic hydroxyl groups excluding tert-OH is 2. The van der Waals surface area contributed by atoms with Crippen molar-refractivity contribution >= 4 is 5.57 Å². The van der Waals surface area contributed by atoms with Gasteiger partial charge in [-0.2, -0.15) is 13.2 Å². The molecule has 0 aliphatic heterocycles. The van der Waals surface area contributed by atoms with Gasteiger partial charge in [-0.1, -0.05) is 12.7 Å². The van der Waals surface area contributed by atoms with Gasteiger partial charge in [0.1, 0.15) is 11.4 Å². The van der Waals surface area contributed by atoms with E-state index in [1.54, 1.807) is 13.8 Å². The minimum atomic E-state index is -4.55. The van der Waals surface area contributed by atoms with Gasteiger partial charge in [0.15, 0.2) is 0 Å². The zero-order valence-corrected chi connectivity index (χ0v) is 16.2. The Morgan fingerprint density at radius 2 is 1.97 bits per heavy atom. The summed E-state index contributed by atoms with van der Waals surface area (Å²) in [5.74, 6) is -1.14. The molecule has 3 N–H and O–H groups in total. The lowest BCUT2D eigenvalue weighted by Crippen LogP contribution is -2.44. The molecule has 4 atom stereocenters. The highest BCUT2D eigenvalue weighted by Gasteiger charge is 2.46. The Hall–Kier alpha value is -2.38. The molecule has 0 aromatic carbocycles. The van der Waals surface area contributed by atoms with Gasteiger partial charge in [-0.15, -0.1) is 0 Å². The van der Waals surface area contributed by atoms with Crippen LogP contribution in [-0.2, 0) is 6.18 Å². The molecule has 2 aliphatic carbocycles. The summed E-state index contributed by atoms with van der Waals surface area (Å²) in [5, 5.41) is 32.2. The van der Waals surface area contributed by atoms with Gasteiger partial charge in [0.2, 0.25) is 0 Å². The van der Waals surface area contributed by atoms with Crippen LogP contribution in [0.25, 0.3) is 5.57 Å². The topological polar surface area (TPSA) is 73.6 Å². The lowest BCUT2D eigenvalue weighted by molar-refractivity contribution is -0.137. The van der Waals surface area contributed by atoms with Crippen LogP contribution in [0.4, 0.5) is 13.2 Å². The number of pyridine rings is 1. The zero-order valence-electron chi connectivity index (χ0n) is 16.2. The highest BCUT2D eigenvalue weighted by molar-refractivity contribution is 5.77. The lowest BCUT2D eigenvalue weighted by atomic mass is 9.66. The van der Waals surface area contributed by atoms with Gasteiger partial charge < -0.3 is 15.3 Å². The van der Waals surface area contributed by atoms with Crippen molar-refractivity contribution in [3.05, 3.63) is 71.3 Å². The van der Waals surface area contributed by atoms with Crippen molar-refractivity contribution in [3.63, 3.8) is 0 Å². The van der Waals surface area contributed by atoms with Crippen molar-refractivity contribution in [1.29, 1.82) is 0 Å². The molecule has 1 heterocycles. The molecule has 156 valence electrons. The van der Waals surface area contributed by atoms with Gasteiger partial charge in [0, 0.05) is 18.0 Å². The van der Waals surface area contributed by atoms with E-state index in [1.807, 2.05) is 6.08 Å². The maximum Gasteiger partial charge on any atom is 0.417 e. The van der Waals surface area contributed by atoms with Crippen molar-refractivity contribution in [1.82, 2.24) is 4.98 Å². The lowest BCUT2D eigenvalue weighted by Gasteiger charge is -2.42. The van der Waals surface area contributed by atoms with Crippen LogP contribution in [0.15, 0.2) is 60.2 Å². The first kappa shape index (κ1) is 21.3. The molecule has 0 saturated carbocycles. The third-order valence-corrected chi connectivity index (χ3v) is 5.76. The van der Waals surface area contributed by atoms with E-state index in [2.05, 4.69) is 11.6 Å². The summed E-state index contributed by atoms with van der Waals surface area (Å²) in [6.45, 7) is 7.25. The van der Waals surface area contributed by atoms with Gasteiger partial charge in [-0.25, -0.2) is 0 Å². The van der Waals surface area contributed by atoms with Crippen LogP contribution in [-0.4, -0.2) is 32.0 Å². The molecule has 3 rings (SSSR count). The predicted molar refractivity (Wildman–Crippen MR) is 104 cm³/mol. The molecule has 0 radical (unpaired) electrons. The van der Waals surface area contributed by atoms with Gasteiger partial charge in [-0.05, 0) is 67.5 Å². The van der Waals surface area contributed by atoms with Crippen LogP contribution in [0, 0.1) is 11.8 Å². The van der Waals surface area contributed by atoms with E-state index >= 15 is 0 Å². The molecule has 4 nitrogen and oxygen atoms in total. The Morgan fingerprint density at radius 3 is 2.55 bits per heavy atom. The number of alkyl halides is 3. The Morgan fingerprint density at radius 1 is 1.28 bits per heavy atom. The number of hydrogen-bond donors (Lipinski definition) is 3. The molecule has 2 aliphatic rings. The fourth-order valence-corrected chi connectivity index (χ4v) is 4.07. The normalized spacial score (nSPS) is 30.3. The Bertz CT molecular complexity index is 916. The van der Waals surface area contributed by atoms with E-state index in [9.17, 15) is 28.5 Å². The fraction of sp³-hybridized carbons (Fsp3) is 0.409. The number of rotatable bonds is 3. The molecule has 0 spiro atoms. The van der Waals surface area contributed by atoms with Crippen LogP contribution in [0.5, 0.6) is 0 Å². The fourth-order valence-electron chi connectivity index (χ4n) is 4.07. The summed E-state index contributed by atoms with van der Waals surface area (Å²) in [4.78, 5) is 3.66. The second-order valence-electron chi connectivity index (χ2n) is 7.88. The minimum Gasteiger partial charge on any atom is -0.512 e. The molecular weight excluding hydrogens is 383 g/mol. The van der Waals surface area contributed by atoms with Crippen molar-refractivity contribution in [2.45, 2.75) is 44.6 Å². The first-order valence-corrected chi connectivity index (χ1v) is 9.34. The average molecular weight is 407 g/mol. The smallest absolute Gasteiger partial charge is 0.417 e. The van der Waals surface area contributed by atoms with Crippen LogP contribution >= 0.6 is 0 Å².